The maximum absolute atomic E-state index is 12.0. The molecule has 2 aliphatic rings. The van der Waals surface area contributed by atoms with Crippen molar-refractivity contribution in [1.29, 1.82) is 0 Å². The molecule has 4 heteroatoms. The van der Waals surface area contributed by atoms with E-state index in [1.54, 1.807) is 0 Å². The van der Waals surface area contributed by atoms with Crippen LogP contribution < -0.4 is 5.32 Å². The Kier molecular flexibility index (Phi) is 4.83. The minimum atomic E-state index is -0.486. The molecule has 4 nitrogen and oxygen atoms in total. The van der Waals surface area contributed by atoms with Crippen LogP contribution in [0.5, 0.6) is 0 Å². The number of carbonyl (C=O) groups excluding carboxylic acids is 2. The van der Waals surface area contributed by atoms with Crippen molar-refractivity contribution in [2.24, 2.45) is 0 Å². The van der Waals surface area contributed by atoms with Crippen LogP contribution in [0.25, 0.3) is 0 Å². The normalized spacial score (nSPS) is 21.4. The van der Waals surface area contributed by atoms with Gasteiger partial charge in [-0.2, -0.15) is 0 Å². The second-order valence-electron chi connectivity index (χ2n) is 5.92. The largest absolute Gasteiger partial charge is 0.325 e. The van der Waals surface area contributed by atoms with E-state index in [-0.39, 0.29) is 11.9 Å². The lowest BCUT2D eigenvalue weighted by molar-refractivity contribution is -0.126. The summed E-state index contributed by atoms with van der Waals surface area (Å²) in [7, 11) is 0. The molecule has 1 aliphatic heterocycles. The molecular weight excluding hydrogens is 240 g/mol. The molecule has 0 bridgehead atoms. The van der Waals surface area contributed by atoms with Crippen molar-refractivity contribution in [1.82, 2.24) is 10.2 Å². The number of imide groups is 1. The Labute approximate surface area is 115 Å². The average Bonchev–Trinajstić information content (AvgIpc) is 2.95. The lowest BCUT2D eigenvalue weighted by Gasteiger charge is -2.31. The second kappa shape index (κ2) is 6.40. The van der Waals surface area contributed by atoms with Crippen molar-refractivity contribution in [2.75, 3.05) is 6.54 Å². The van der Waals surface area contributed by atoms with E-state index in [1.165, 1.54) is 25.7 Å². The summed E-state index contributed by atoms with van der Waals surface area (Å²) in [4.78, 5) is 25.7. The summed E-state index contributed by atoms with van der Waals surface area (Å²) in [6.45, 7) is 2.95. The molecule has 0 radical (unpaired) electrons. The molecule has 2 rings (SSSR count). The number of urea groups is 1. The number of hydrogen-bond donors (Lipinski definition) is 1. The summed E-state index contributed by atoms with van der Waals surface area (Å²) < 4.78 is 0. The molecule has 0 aromatic heterocycles. The first-order chi connectivity index (χ1) is 9.20. The van der Waals surface area contributed by atoms with Gasteiger partial charge in [-0.1, -0.05) is 51.9 Å². The number of nitrogens with one attached hydrogen (secondary N) is 1. The summed E-state index contributed by atoms with van der Waals surface area (Å²) in [6.07, 6.45) is 11.1. The number of unbranched alkanes of at least 4 members (excludes halogenated alkanes) is 5. The van der Waals surface area contributed by atoms with Gasteiger partial charge in [0.25, 0.3) is 5.91 Å². The van der Waals surface area contributed by atoms with Crippen molar-refractivity contribution in [3.8, 4) is 0 Å². The van der Waals surface area contributed by atoms with Gasteiger partial charge < -0.3 is 4.90 Å². The molecule has 108 valence electrons. The van der Waals surface area contributed by atoms with Gasteiger partial charge in [0.1, 0.15) is 5.54 Å². The molecular formula is C15H26N2O2. The second-order valence-corrected chi connectivity index (χ2v) is 5.92. The zero-order valence-corrected chi connectivity index (χ0v) is 12.0. The minimum Gasteiger partial charge on any atom is -0.310 e. The monoisotopic (exact) mass is 266 g/mol. The summed E-state index contributed by atoms with van der Waals surface area (Å²) in [5.74, 6) is -0.0546. The van der Waals surface area contributed by atoms with Gasteiger partial charge in [-0.25, -0.2) is 4.79 Å². The maximum atomic E-state index is 12.0. The van der Waals surface area contributed by atoms with Gasteiger partial charge in [0.15, 0.2) is 0 Å². The fourth-order valence-electron chi connectivity index (χ4n) is 3.42. The van der Waals surface area contributed by atoms with Gasteiger partial charge in [-0.15, -0.1) is 0 Å². The first kappa shape index (κ1) is 14.4. The molecule has 1 saturated heterocycles. The highest BCUT2D eigenvalue weighted by Crippen LogP contribution is 2.38. The fourth-order valence-corrected chi connectivity index (χ4v) is 3.42. The van der Waals surface area contributed by atoms with E-state index in [9.17, 15) is 9.59 Å². The third-order valence-electron chi connectivity index (χ3n) is 4.57. The van der Waals surface area contributed by atoms with E-state index in [2.05, 4.69) is 12.2 Å². The molecule has 1 heterocycles. The molecule has 1 spiro atoms. The average molecular weight is 266 g/mol. The molecule has 2 fully saturated rings. The van der Waals surface area contributed by atoms with Crippen LogP contribution in [0, 0.1) is 0 Å². The minimum absolute atomic E-state index is 0.0546. The highest BCUT2D eigenvalue weighted by Gasteiger charge is 2.53. The van der Waals surface area contributed by atoms with E-state index in [0.29, 0.717) is 0 Å². The lowest BCUT2D eigenvalue weighted by atomic mass is 9.95. The Morgan fingerprint density at radius 1 is 1.05 bits per heavy atom. The Balaban J connectivity index is 1.81. The van der Waals surface area contributed by atoms with Crippen molar-refractivity contribution in [3.05, 3.63) is 0 Å². The lowest BCUT2D eigenvalue weighted by Crippen LogP contribution is -2.47. The van der Waals surface area contributed by atoms with Crippen LogP contribution in [0.2, 0.25) is 0 Å². The number of carbonyl (C=O) groups is 2. The Bertz CT molecular complexity index is 335. The Morgan fingerprint density at radius 2 is 1.68 bits per heavy atom. The first-order valence-corrected chi connectivity index (χ1v) is 7.84. The quantitative estimate of drug-likeness (QED) is 0.568. The van der Waals surface area contributed by atoms with Gasteiger partial charge in [0.05, 0.1) is 0 Å². The smallest absolute Gasteiger partial charge is 0.310 e. The van der Waals surface area contributed by atoms with Gasteiger partial charge in [-0.3, -0.25) is 10.1 Å². The van der Waals surface area contributed by atoms with Crippen LogP contribution in [0.15, 0.2) is 0 Å². The molecule has 0 unspecified atom stereocenters. The number of amides is 3. The molecule has 1 N–H and O–H groups in total. The van der Waals surface area contributed by atoms with Crippen LogP contribution in [-0.4, -0.2) is 28.9 Å². The Hall–Kier alpha value is -1.06. The van der Waals surface area contributed by atoms with E-state index in [4.69, 9.17) is 0 Å². The maximum Gasteiger partial charge on any atom is 0.325 e. The fraction of sp³-hybridized carbons (Fsp3) is 0.867. The van der Waals surface area contributed by atoms with Crippen LogP contribution in [-0.2, 0) is 4.79 Å². The van der Waals surface area contributed by atoms with Crippen molar-refractivity contribution < 1.29 is 9.59 Å². The van der Waals surface area contributed by atoms with Crippen LogP contribution in [0.3, 0.4) is 0 Å². The van der Waals surface area contributed by atoms with Crippen molar-refractivity contribution in [2.45, 2.75) is 76.7 Å². The van der Waals surface area contributed by atoms with Gasteiger partial charge in [-0.05, 0) is 19.3 Å². The highest BCUT2D eigenvalue weighted by molar-refractivity contribution is 6.07. The molecule has 0 aromatic carbocycles. The third-order valence-corrected chi connectivity index (χ3v) is 4.57. The zero-order chi connectivity index (χ0) is 13.7. The predicted molar refractivity (Wildman–Crippen MR) is 74.8 cm³/mol. The summed E-state index contributed by atoms with van der Waals surface area (Å²) >= 11 is 0. The molecule has 3 amide bonds. The van der Waals surface area contributed by atoms with E-state index in [0.717, 1.165) is 45.1 Å². The Morgan fingerprint density at radius 3 is 2.37 bits per heavy atom. The molecule has 1 saturated carbocycles. The zero-order valence-electron chi connectivity index (χ0n) is 12.0. The van der Waals surface area contributed by atoms with E-state index < -0.39 is 5.54 Å². The summed E-state index contributed by atoms with van der Waals surface area (Å²) in [5.41, 5.74) is -0.486. The molecule has 19 heavy (non-hydrogen) atoms. The molecule has 0 atom stereocenters. The first-order valence-electron chi connectivity index (χ1n) is 7.84. The van der Waals surface area contributed by atoms with Gasteiger partial charge >= 0.3 is 6.03 Å². The van der Waals surface area contributed by atoms with E-state index in [1.807, 2.05) is 4.90 Å². The SMILES string of the molecule is CCCCCCCCN1C(=O)NC(=O)C12CCCC2. The van der Waals surface area contributed by atoms with Gasteiger partial charge in [0, 0.05) is 6.54 Å². The summed E-state index contributed by atoms with van der Waals surface area (Å²) in [6, 6.07) is -0.166. The topological polar surface area (TPSA) is 49.4 Å². The third kappa shape index (κ3) is 2.93. The van der Waals surface area contributed by atoms with Crippen LogP contribution in [0.1, 0.15) is 71.1 Å². The molecule has 1 aliphatic carbocycles. The van der Waals surface area contributed by atoms with Crippen molar-refractivity contribution in [3.63, 3.8) is 0 Å². The van der Waals surface area contributed by atoms with E-state index >= 15 is 0 Å². The van der Waals surface area contributed by atoms with Crippen LogP contribution >= 0.6 is 0 Å². The van der Waals surface area contributed by atoms with Gasteiger partial charge in [0.2, 0.25) is 0 Å². The highest BCUT2D eigenvalue weighted by atomic mass is 16.2. The van der Waals surface area contributed by atoms with Crippen LogP contribution in [0.4, 0.5) is 4.79 Å². The number of nitrogens with zero attached hydrogens (tertiary/aromatic N) is 1. The standard InChI is InChI=1S/C15H26N2O2/c1-2-3-4-5-6-9-12-17-14(19)16-13(18)15(17)10-7-8-11-15/h2-12H2,1H3,(H,16,18,19). The predicted octanol–water partition coefficient (Wildman–Crippen LogP) is 3.21. The number of hydrogen-bond acceptors (Lipinski definition) is 2. The number of rotatable bonds is 7. The summed E-state index contributed by atoms with van der Waals surface area (Å²) in [5, 5.41) is 2.51. The van der Waals surface area contributed by atoms with Crippen molar-refractivity contribution >= 4 is 11.9 Å². The molecule has 0 aromatic rings.